The number of amides is 2. The Bertz CT molecular complexity index is 1100. The van der Waals surface area contributed by atoms with Crippen LogP contribution in [-0.2, 0) is 28.5 Å². The average Bonchev–Trinajstić information content (AvgIpc) is 3.22. The number of benzene rings is 1. The fourth-order valence-electron chi connectivity index (χ4n) is 4.78. The van der Waals surface area contributed by atoms with Gasteiger partial charge in [0.2, 0.25) is 11.8 Å². The molecule has 1 fully saturated rings. The van der Waals surface area contributed by atoms with E-state index in [9.17, 15) is 19.2 Å². The van der Waals surface area contributed by atoms with Gasteiger partial charge in [-0.15, -0.1) is 0 Å². The van der Waals surface area contributed by atoms with Crippen molar-refractivity contribution in [1.82, 2.24) is 14.5 Å². The summed E-state index contributed by atoms with van der Waals surface area (Å²) in [5.41, 5.74) is 0.241. The van der Waals surface area contributed by atoms with Crippen LogP contribution in [0.15, 0.2) is 40.1 Å². The number of H-pyrrole nitrogens is 1. The summed E-state index contributed by atoms with van der Waals surface area (Å²) in [4.78, 5) is 54.3. The Labute approximate surface area is 167 Å². The first-order valence-corrected chi connectivity index (χ1v) is 9.88. The molecule has 2 aliphatic heterocycles. The van der Waals surface area contributed by atoms with Crippen LogP contribution < -0.4 is 16.6 Å². The molecule has 2 aromatic rings. The summed E-state index contributed by atoms with van der Waals surface area (Å²) < 4.78 is 0.957. The summed E-state index contributed by atoms with van der Waals surface area (Å²) in [5.74, 6) is -0.269. The van der Waals surface area contributed by atoms with Crippen LogP contribution in [0.25, 0.3) is 0 Å². The van der Waals surface area contributed by atoms with E-state index < -0.39 is 16.7 Å². The van der Waals surface area contributed by atoms with Gasteiger partial charge in [-0.05, 0) is 24.5 Å². The number of carbonyl (C=O) groups excluding carboxylic acids is 2. The molecule has 2 atom stereocenters. The number of fused-ring (bicyclic) bond motifs is 2. The molecular weight excluding hydrogens is 372 g/mol. The van der Waals surface area contributed by atoms with Crippen LogP contribution in [0, 0.1) is 0 Å². The van der Waals surface area contributed by atoms with E-state index in [1.165, 1.54) is 13.2 Å². The number of aromatic amines is 1. The van der Waals surface area contributed by atoms with Gasteiger partial charge in [0.15, 0.2) is 0 Å². The fourth-order valence-corrected chi connectivity index (χ4v) is 4.78. The number of nitrogens with one attached hydrogen (secondary N) is 2. The number of hydrogen-bond donors (Lipinski definition) is 2. The molecule has 29 heavy (non-hydrogen) atoms. The molecule has 3 heterocycles. The smallest absolute Gasteiger partial charge is 0.328 e. The first-order chi connectivity index (χ1) is 13.9. The van der Waals surface area contributed by atoms with Crippen molar-refractivity contribution in [1.29, 1.82) is 0 Å². The number of carbonyl (C=O) groups is 2. The predicted molar refractivity (Wildman–Crippen MR) is 108 cm³/mol. The zero-order valence-corrected chi connectivity index (χ0v) is 16.5. The topological polar surface area (TPSA) is 104 Å². The maximum Gasteiger partial charge on any atom is 0.328 e. The minimum Gasteiger partial charge on any atom is -0.338 e. The first kappa shape index (κ1) is 19.2. The maximum absolute atomic E-state index is 13.2. The second-order valence-electron chi connectivity index (χ2n) is 7.77. The van der Waals surface area contributed by atoms with Crippen LogP contribution in [0.3, 0.4) is 0 Å². The lowest BCUT2D eigenvalue weighted by molar-refractivity contribution is -0.132. The van der Waals surface area contributed by atoms with E-state index in [1.807, 2.05) is 31.2 Å². The molecule has 1 aromatic heterocycles. The summed E-state index contributed by atoms with van der Waals surface area (Å²) in [6, 6.07) is 7.38. The molecule has 0 unspecified atom stereocenters. The van der Waals surface area contributed by atoms with Crippen molar-refractivity contribution in [2.75, 3.05) is 11.9 Å². The molecule has 1 spiro atoms. The fraction of sp³-hybridized carbons (Fsp3) is 0.429. The van der Waals surface area contributed by atoms with Gasteiger partial charge in [0.05, 0.1) is 17.9 Å². The molecule has 2 N–H and O–H groups in total. The lowest BCUT2D eigenvalue weighted by atomic mass is 9.73. The Hall–Kier alpha value is -3.16. The van der Waals surface area contributed by atoms with E-state index in [4.69, 9.17) is 0 Å². The highest BCUT2D eigenvalue weighted by molar-refractivity contribution is 6.07. The molecule has 1 saturated heterocycles. The lowest BCUT2D eigenvalue weighted by Crippen LogP contribution is -2.49. The first-order valence-electron chi connectivity index (χ1n) is 9.88. The number of likely N-dealkylation sites (tertiary alicyclic amines) is 1. The molecule has 2 amide bonds. The summed E-state index contributed by atoms with van der Waals surface area (Å²) in [6.07, 6.45) is 3.27. The van der Waals surface area contributed by atoms with E-state index in [2.05, 4.69) is 10.3 Å². The molecule has 4 rings (SSSR count). The van der Waals surface area contributed by atoms with E-state index in [1.54, 1.807) is 4.90 Å². The third kappa shape index (κ3) is 2.82. The van der Waals surface area contributed by atoms with Crippen LogP contribution >= 0.6 is 0 Å². The number of para-hydroxylation sites is 1. The highest BCUT2D eigenvalue weighted by Gasteiger charge is 2.58. The van der Waals surface area contributed by atoms with Gasteiger partial charge in [0.25, 0.3) is 5.56 Å². The minimum atomic E-state index is -0.752. The number of hydrogen-bond acceptors (Lipinski definition) is 4. The Balaban J connectivity index is 1.68. The number of aromatic nitrogens is 2. The molecule has 0 radical (unpaired) electrons. The minimum absolute atomic E-state index is 0.0626. The third-order valence-corrected chi connectivity index (χ3v) is 6.23. The Kier molecular flexibility index (Phi) is 4.64. The van der Waals surface area contributed by atoms with Crippen LogP contribution in [0.2, 0.25) is 0 Å². The van der Waals surface area contributed by atoms with Gasteiger partial charge in [-0.3, -0.25) is 19.0 Å². The van der Waals surface area contributed by atoms with Crippen molar-refractivity contribution in [3.8, 4) is 0 Å². The summed E-state index contributed by atoms with van der Waals surface area (Å²) in [5, 5.41) is 2.98. The maximum atomic E-state index is 13.2. The van der Waals surface area contributed by atoms with E-state index >= 15 is 0 Å². The molecule has 8 nitrogen and oxygen atoms in total. The van der Waals surface area contributed by atoms with Crippen LogP contribution in [0.5, 0.6) is 0 Å². The molecule has 152 valence electrons. The van der Waals surface area contributed by atoms with Crippen LogP contribution in [0.1, 0.15) is 37.3 Å². The van der Waals surface area contributed by atoms with Crippen molar-refractivity contribution < 1.29 is 9.59 Å². The van der Waals surface area contributed by atoms with Crippen molar-refractivity contribution in [2.45, 2.75) is 44.1 Å². The normalized spacial score (nSPS) is 22.8. The summed E-state index contributed by atoms with van der Waals surface area (Å²) in [7, 11) is 1.37. The van der Waals surface area contributed by atoms with Crippen LogP contribution in [0.4, 0.5) is 5.69 Å². The average molecular weight is 396 g/mol. The van der Waals surface area contributed by atoms with Crippen molar-refractivity contribution >= 4 is 17.5 Å². The van der Waals surface area contributed by atoms with Crippen molar-refractivity contribution in [3.05, 3.63) is 62.4 Å². The van der Waals surface area contributed by atoms with Gasteiger partial charge >= 0.3 is 5.69 Å². The molecule has 1 aromatic carbocycles. The van der Waals surface area contributed by atoms with Gasteiger partial charge in [-0.1, -0.05) is 31.5 Å². The Morgan fingerprint density at radius 1 is 1.24 bits per heavy atom. The standard InChI is InChI=1S/C21H24N4O4/c1-3-6-16-21(14-7-4-5-8-15(14)23-19(21)28)9-10-25(16)17(26)11-13-12-22-20(29)24(2)18(13)27/h4-5,7-8,12,16H,3,6,9-11H2,1-2H3,(H,22,29)(H,23,28)/t16-,21+/m0/s1. The van der Waals surface area contributed by atoms with Crippen LogP contribution in [-0.4, -0.2) is 38.9 Å². The van der Waals surface area contributed by atoms with Gasteiger partial charge in [-0.2, -0.15) is 0 Å². The molecular formula is C21H24N4O4. The summed E-state index contributed by atoms with van der Waals surface area (Å²) in [6.45, 7) is 2.49. The monoisotopic (exact) mass is 396 g/mol. The van der Waals surface area contributed by atoms with Crippen molar-refractivity contribution in [2.24, 2.45) is 7.05 Å². The zero-order valence-electron chi connectivity index (χ0n) is 16.5. The number of rotatable bonds is 4. The third-order valence-electron chi connectivity index (χ3n) is 6.23. The molecule has 0 aliphatic carbocycles. The zero-order chi connectivity index (χ0) is 20.8. The number of anilines is 1. The van der Waals surface area contributed by atoms with E-state index in [0.29, 0.717) is 19.4 Å². The molecule has 0 saturated carbocycles. The highest BCUT2D eigenvalue weighted by atomic mass is 16.2. The highest BCUT2D eigenvalue weighted by Crippen LogP contribution is 2.49. The molecule has 8 heteroatoms. The van der Waals surface area contributed by atoms with E-state index in [0.717, 1.165) is 22.2 Å². The van der Waals surface area contributed by atoms with Gasteiger partial charge in [0.1, 0.15) is 0 Å². The Morgan fingerprint density at radius 3 is 2.76 bits per heavy atom. The predicted octanol–water partition coefficient (Wildman–Crippen LogP) is 0.907. The van der Waals surface area contributed by atoms with E-state index in [-0.39, 0.29) is 29.8 Å². The molecule has 2 aliphatic rings. The molecule has 0 bridgehead atoms. The summed E-state index contributed by atoms with van der Waals surface area (Å²) >= 11 is 0. The second kappa shape index (κ2) is 7.02. The SMILES string of the molecule is CCC[C@@H]1N(C(=O)Cc2c[nH]c(=O)n(C)c2=O)CC[C@]12C(=O)Nc1ccccc12. The largest absolute Gasteiger partial charge is 0.338 e. The van der Waals surface area contributed by atoms with Gasteiger partial charge in [0, 0.05) is 31.0 Å². The Morgan fingerprint density at radius 2 is 2.00 bits per heavy atom. The quantitative estimate of drug-likeness (QED) is 0.801. The van der Waals surface area contributed by atoms with Crippen molar-refractivity contribution in [3.63, 3.8) is 0 Å². The number of nitrogens with zero attached hydrogens (tertiary/aromatic N) is 2. The van der Waals surface area contributed by atoms with Gasteiger partial charge < -0.3 is 15.2 Å². The lowest BCUT2D eigenvalue weighted by Gasteiger charge is -2.34. The van der Waals surface area contributed by atoms with Gasteiger partial charge in [-0.25, -0.2) is 4.79 Å². The second-order valence-corrected chi connectivity index (χ2v) is 7.77.